The minimum Gasteiger partial charge on any atom is -0.395 e. The summed E-state index contributed by atoms with van der Waals surface area (Å²) in [6.45, 7) is 1.92. The second-order valence-electron chi connectivity index (χ2n) is 4.15. The van der Waals surface area contributed by atoms with Gasteiger partial charge in [-0.05, 0) is 12.0 Å². The molecule has 0 fully saturated rings. The van der Waals surface area contributed by atoms with Gasteiger partial charge in [0.2, 0.25) is 0 Å². The fraction of sp³-hybridized carbons (Fsp3) is 0.500. The van der Waals surface area contributed by atoms with Crippen molar-refractivity contribution >= 4 is 10.2 Å². The number of aliphatic hydroxyl groups is 1. The van der Waals surface area contributed by atoms with Gasteiger partial charge in [-0.3, -0.25) is 0 Å². The quantitative estimate of drug-likeness (QED) is 0.768. The lowest BCUT2D eigenvalue weighted by Gasteiger charge is -2.21. The third-order valence-corrected chi connectivity index (χ3v) is 4.27. The van der Waals surface area contributed by atoms with E-state index in [1.807, 2.05) is 37.3 Å². The van der Waals surface area contributed by atoms with Crippen molar-refractivity contribution in [2.75, 3.05) is 13.7 Å². The van der Waals surface area contributed by atoms with Crippen molar-refractivity contribution < 1.29 is 13.5 Å². The molecule has 0 radical (unpaired) electrons. The first-order chi connectivity index (χ1) is 8.49. The molecule has 0 saturated heterocycles. The molecule has 2 N–H and O–H groups in total. The number of nitrogens with one attached hydrogen (secondary N) is 1. The maximum absolute atomic E-state index is 12.0. The van der Waals surface area contributed by atoms with E-state index in [0.29, 0.717) is 13.0 Å². The molecule has 1 atom stereocenters. The van der Waals surface area contributed by atoms with Gasteiger partial charge < -0.3 is 5.11 Å². The smallest absolute Gasteiger partial charge is 0.279 e. The zero-order valence-corrected chi connectivity index (χ0v) is 11.5. The van der Waals surface area contributed by atoms with Gasteiger partial charge in [0, 0.05) is 19.6 Å². The van der Waals surface area contributed by atoms with Crippen LogP contribution in [-0.2, 0) is 16.8 Å². The van der Waals surface area contributed by atoms with E-state index in [0.717, 1.165) is 5.56 Å². The predicted octanol–water partition coefficient (Wildman–Crippen LogP) is 0.724. The average molecular weight is 272 g/mol. The fourth-order valence-electron chi connectivity index (χ4n) is 1.48. The minimum atomic E-state index is -3.56. The molecule has 5 nitrogen and oxygen atoms in total. The Labute approximate surface area is 109 Å². The third kappa shape index (κ3) is 4.38. The number of nitrogens with zero attached hydrogens (tertiary/aromatic N) is 1. The Morgan fingerprint density at radius 1 is 1.33 bits per heavy atom. The molecular weight excluding hydrogens is 252 g/mol. The largest absolute Gasteiger partial charge is 0.395 e. The topological polar surface area (TPSA) is 69.6 Å². The van der Waals surface area contributed by atoms with E-state index in [1.165, 1.54) is 11.4 Å². The van der Waals surface area contributed by atoms with Crippen molar-refractivity contribution in [3.63, 3.8) is 0 Å². The van der Waals surface area contributed by atoms with Gasteiger partial charge in [0.05, 0.1) is 6.61 Å². The summed E-state index contributed by atoms with van der Waals surface area (Å²) in [4.78, 5) is 0. The molecule has 0 aliphatic heterocycles. The standard InChI is InChI=1S/C12H20N2O3S/c1-3-12(10-15)13-18(16,17)14(2)9-11-7-5-4-6-8-11/h4-8,12-13,15H,3,9-10H2,1-2H3/t12-/m0/s1. The number of hydrogen-bond donors (Lipinski definition) is 2. The van der Waals surface area contributed by atoms with Crippen LogP contribution in [0.2, 0.25) is 0 Å². The van der Waals surface area contributed by atoms with E-state index in [9.17, 15) is 8.42 Å². The number of benzene rings is 1. The Morgan fingerprint density at radius 2 is 1.94 bits per heavy atom. The van der Waals surface area contributed by atoms with Crippen LogP contribution in [0.25, 0.3) is 0 Å². The molecule has 18 heavy (non-hydrogen) atoms. The zero-order valence-electron chi connectivity index (χ0n) is 10.7. The summed E-state index contributed by atoms with van der Waals surface area (Å²) in [6, 6.07) is 8.92. The number of aliphatic hydroxyl groups excluding tert-OH is 1. The van der Waals surface area contributed by atoms with Gasteiger partial charge in [0.1, 0.15) is 0 Å². The molecule has 0 amide bonds. The first-order valence-corrected chi connectivity index (χ1v) is 7.32. The highest BCUT2D eigenvalue weighted by molar-refractivity contribution is 7.87. The van der Waals surface area contributed by atoms with Crippen LogP contribution in [0.4, 0.5) is 0 Å². The first-order valence-electron chi connectivity index (χ1n) is 5.88. The van der Waals surface area contributed by atoms with E-state index in [4.69, 9.17) is 5.11 Å². The van der Waals surface area contributed by atoms with Crippen molar-refractivity contribution in [2.45, 2.75) is 25.9 Å². The van der Waals surface area contributed by atoms with Crippen LogP contribution < -0.4 is 4.72 Å². The summed E-state index contributed by atoms with van der Waals surface area (Å²) in [5, 5.41) is 9.02. The Bertz CT molecular complexity index is 444. The SMILES string of the molecule is CC[C@@H](CO)NS(=O)(=O)N(C)Cc1ccccc1. The van der Waals surface area contributed by atoms with Crippen molar-refractivity contribution in [3.05, 3.63) is 35.9 Å². The van der Waals surface area contributed by atoms with E-state index in [2.05, 4.69) is 4.72 Å². The zero-order chi connectivity index (χ0) is 13.6. The van der Waals surface area contributed by atoms with Gasteiger partial charge in [-0.25, -0.2) is 0 Å². The lowest BCUT2D eigenvalue weighted by molar-refractivity contribution is 0.251. The Balaban J connectivity index is 2.68. The monoisotopic (exact) mass is 272 g/mol. The lowest BCUT2D eigenvalue weighted by atomic mass is 10.2. The lowest BCUT2D eigenvalue weighted by Crippen LogP contribution is -2.44. The van der Waals surface area contributed by atoms with Crippen LogP contribution in [0, 0.1) is 0 Å². The molecule has 0 bridgehead atoms. The molecule has 102 valence electrons. The molecule has 0 aliphatic rings. The average Bonchev–Trinajstić information content (AvgIpc) is 2.37. The van der Waals surface area contributed by atoms with Crippen LogP contribution >= 0.6 is 0 Å². The van der Waals surface area contributed by atoms with Crippen molar-refractivity contribution in [1.29, 1.82) is 0 Å². The minimum absolute atomic E-state index is 0.199. The highest BCUT2D eigenvalue weighted by Crippen LogP contribution is 2.06. The second kappa shape index (κ2) is 6.84. The summed E-state index contributed by atoms with van der Waals surface area (Å²) in [6.07, 6.45) is 0.551. The Hall–Kier alpha value is -0.950. The highest BCUT2D eigenvalue weighted by atomic mass is 32.2. The fourth-order valence-corrected chi connectivity index (χ4v) is 2.64. The van der Waals surface area contributed by atoms with Crippen LogP contribution in [0.1, 0.15) is 18.9 Å². The van der Waals surface area contributed by atoms with E-state index < -0.39 is 16.3 Å². The molecule has 6 heteroatoms. The van der Waals surface area contributed by atoms with Gasteiger partial charge >= 0.3 is 0 Å². The summed E-state index contributed by atoms with van der Waals surface area (Å²) in [7, 11) is -2.05. The van der Waals surface area contributed by atoms with Gasteiger partial charge in [-0.1, -0.05) is 37.3 Å². The van der Waals surface area contributed by atoms with Crippen molar-refractivity contribution in [2.24, 2.45) is 0 Å². The van der Waals surface area contributed by atoms with Gasteiger partial charge in [-0.15, -0.1) is 0 Å². The third-order valence-electron chi connectivity index (χ3n) is 2.69. The molecule has 0 unspecified atom stereocenters. The van der Waals surface area contributed by atoms with E-state index in [-0.39, 0.29) is 6.61 Å². The van der Waals surface area contributed by atoms with E-state index in [1.54, 1.807) is 0 Å². The van der Waals surface area contributed by atoms with Crippen LogP contribution in [-0.4, -0.2) is 37.5 Å². The van der Waals surface area contributed by atoms with Gasteiger partial charge in [-0.2, -0.15) is 17.4 Å². The number of rotatable bonds is 7. The molecule has 1 aromatic rings. The van der Waals surface area contributed by atoms with Crippen molar-refractivity contribution in [1.82, 2.24) is 9.03 Å². The second-order valence-corrected chi connectivity index (χ2v) is 5.96. The van der Waals surface area contributed by atoms with Gasteiger partial charge in [0.15, 0.2) is 0 Å². The molecule has 0 aromatic heterocycles. The first kappa shape index (κ1) is 15.1. The highest BCUT2D eigenvalue weighted by Gasteiger charge is 2.21. The summed E-state index contributed by atoms with van der Waals surface area (Å²) < 4.78 is 27.6. The molecule has 1 aromatic carbocycles. The van der Waals surface area contributed by atoms with Crippen LogP contribution in [0.15, 0.2) is 30.3 Å². The molecule has 0 heterocycles. The van der Waals surface area contributed by atoms with Gasteiger partial charge in [0.25, 0.3) is 10.2 Å². The summed E-state index contributed by atoms with van der Waals surface area (Å²) >= 11 is 0. The normalized spacial score (nSPS) is 13.8. The number of hydrogen-bond acceptors (Lipinski definition) is 3. The molecule has 0 spiro atoms. The summed E-state index contributed by atoms with van der Waals surface area (Å²) in [5.74, 6) is 0. The van der Waals surface area contributed by atoms with E-state index >= 15 is 0 Å². The Kier molecular flexibility index (Phi) is 5.74. The molecular formula is C12H20N2O3S. The summed E-state index contributed by atoms with van der Waals surface area (Å²) in [5.41, 5.74) is 0.919. The van der Waals surface area contributed by atoms with Crippen molar-refractivity contribution in [3.8, 4) is 0 Å². The molecule has 0 aliphatic carbocycles. The van der Waals surface area contributed by atoms with Crippen LogP contribution in [0.3, 0.4) is 0 Å². The molecule has 0 saturated carbocycles. The molecule has 1 rings (SSSR count). The maximum Gasteiger partial charge on any atom is 0.279 e. The Morgan fingerprint density at radius 3 is 2.44 bits per heavy atom. The maximum atomic E-state index is 12.0. The van der Waals surface area contributed by atoms with Crippen LogP contribution in [0.5, 0.6) is 0 Å². The predicted molar refractivity (Wildman–Crippen MR) is 71.1 cm³/mol.